The predicted octanol–water partition coefficient (Wildman–Crippen LogP) is 3.49. The minimum atomic E-state index is -0.797. The smallest absolute Gasteiger partial charge is 0.324 e. The Hall–Kier alpha value is -1.49. The molecule has 94 valence electrons. The van der Waals surface area contributed by atoms with Crippen molar-refractivity contribution in [3.05, 3.63) is 25.3 Å². The van der Waals surface area contributed by atoms with Gasteiger partial charge in [-0.2, -0.15) is 0 Å². The van der Waals surface area contributed by atoms with Gasteiger partial charge in [-0.25, -0.2) is 0 Å². The first-order chi connectivity index (χ1) is 8.16. The van der Waals surface area contributed by atoms with Gasteiger partial charge in [0.15, 0.2) is 0 Å². The van der Waals surface area contributed by atoms with Crippen molar-refractivity contribution in [2.45, 2.75) is 39.5 Å². The average Bonchev–Trinajstić information content (AvgIpc) is 2.30. The van der Waals surface area contributed by atoms with Crippen molar-refractivity contribution < 1.29 is 9.53 Å². The van der Waals surface area contributed by atoms with Crippen LogP contribution >= 0.6 is 0 Å². The maximum Gasteiger partial charge on any atom is 0.324 e. The number of esters is 1. The van der Waals surface area contributed by atoms with Crippen LogP contribution in [0.15, 0.2) is 25.3 Å². The van der Waals surface area contributed by atoms with Crippen molar-refractivity contribution in [2.24, 2.45) is 5.41 Å². The first kappa shape index (κ1) is 15.5. The van der Waals surface area contributed by atoms with E-state index < -0.39 is 5.41 Å². The number of hydrogen-bond acceptors (Lipinski definition) is 2. The number of ether oxygens (including phenoxy) is 1. The Kier molecular flexibility index (Phi) is 7.88. The summed E-state index contributed by atoms with van der Waals surface area (Å²) in [6.07, 6.45) is 6.18. The molecule has 0 unspecified atom stereocenters. The number of carbonyl (C=O) groups is 1. The third kappa shape index (κ3) is 4.91. The molecule has 2 nitrogen and oxygen atoms in total. The molecule has 0 saturated carbocycles. The Balaban J connectivity index is 5.11. The molecule has 0 amide bonds. The number of hydrogen-bond donors (Lipinski definition) is 0. The fourth-order valence-electron chi connectivity index (χ4n) is 1.52. The number of allylic oxidation sites excluding steroid dienone is 2. The predicted molar refractivity (Wildman–Crippen MR) is 71.4 cm³/mol. The molecule has 0 heterocycles. The van der Waals surface area contributed by atoms with Gasteiger partial charge in [-0.3, -0.25) is 4.79 Å². The van der Waals surface area contributed by atoms with Crippen LogP contribution in [-0.2, 0) is 9.53 Å². The molecule has 0 atom stereocenters. The quantitative estimate of drug-likeness (QED) is 0.383. The fraction of sp³-hybridized carbons (Fsp3) is 0.533. The Morgan fingerprint density at radius 2 is 1.88 bits per heavy atom. The summed E-state index contributed by atoms with van der Waals surface area (Å²) in [6.45, 7) is 11.6. The number of carbonyl (C=O) groups excluding carboxylic acids is 1. The standard InChI is InChI=1S/C15H22O2/c1-5-9-10-13-15(11-6-2,12-7-3)14(16)17-8-4/h6-7H,2-3,5,8-9,11-12H2,1,4H3. The van der Waals surface area contributed by atoms with E-state index in [9.17, 15) is 4.79 Å². The van der Waals surface area contributed by atoms with Crippen molar-refractivity contribution in [3.63, 3.8) is 0 Å². The number of rotatable bonds is 7. The Morgan fingerprint density at radius 3 is 2.29 bits per heavy atom. The molecule has 0 rings (SSSR count). The van der Waals surface area contributed by atoms with E-state index in [1.807, 2.05) is 0 Å². The highest BCUT2D eigenvalue weighted by atomic mass is 16.5. The van der Waals surface area contributed by atoms with E-state index in [1.54, 1.807) is 19.1 Å². The van der Waals surface area contributed by atoms with Crippen molar-refractivity contribution in [1.29, 1.82) is 0 Å². The highest BCUT2D eigenvalue weighted by Gasteiger charge is 2.35. The third-order valence-electron chi connectivity index (χ3n) is 2.35. The average molecular weight is 234 g/mol. The van der Waals surface area contributed by atoms with Gasteiger partial charge in [0.1, 0.15) is 5.41 Å². The monoisotopic (exact) mass is 234 g/mol. The molecule has 0 aliphatic rings. The molecule has 2 heteroatoms. The minimum Gasteiger partial charge on any atom is -0.465 e. The Morgan fingerprint density at radius 1 is 1.29 bits per heavy atom. The van der Waals surface area contributed by atoms with Crippen molar-refractivity contribution >= 4 is 5.97 Å². The molecule has 0 aliphatic heterocycles. The van der Waals surface area contributed by atoms with Crippen LogP contribution < -0.4 is 0 Å². The van der Waals surface area contributed by atoms with E-state index in [2.05, 4.69) is 31.9 Å². The molecule has 0 fully saturated rings. The van der Waals surface area contributed by atoms with E-state index in [-0.39, 0.29) is 5.97 Å². The Bertz CT molecular complexity index is 308. The van der Waals surface area contributed by atoms with Gasteiger partial charge in [-0.1, -0.05) is 25.0 Å². The minimum absolute atomic E-state index is 0.275. The SMILES string of the molecule is C=CCC(C#CCCC)(CC=C)C(=O)OCC. The molecule has 17 heavy (non-hydrogen) atoms. The lowest BCUT2D eigenvalue weighted by Crippen LogP contribution is -2.31. The summed E-state index contributed by atoms with van der Waals surface area (Å²) in [7, 11) is 0. The van der Waals surface area contributed by atoms with Gasteiger partial charge in [0.25, 0.3) is 0 Å². The second-order valence-electron chi connectivity index (χ2n) is 3.84. The second-order valence-corrected chi connectivity index (χ2v) is 3.84. The van der Waals surface area contributed by atoms with Crippen molar-refractivity contribution in [2.75, 3.05) is 6.61 Å². The molecule has 0 saturated heterocycles. The highest BCUT2D eigenvalue weighted by molar-refractivity contribution is 5.81. The van der Waals surface area contributed by atoms with Crippen molar-refractivity contribution in [3.8, 4) is 11.8 Å². The van der Waals surface area contributed by atoms with Gasteiger partial charge < -0.3 is 4.74 Å². The summed E-state index contributed by atoms with van der Waals surface area (Å²) in [4.78, 5) is 12.0. The van der Waals surface area contributed by atoms with Crippen LogP contribution in [0.2, 0.25) is 0 Å². The van der Waals surface area contributed by atoms with E-state index in [0.29, 0.717) is 19.4 Å². The summed E-state index contributed by atoms with van der Waals surface area (Å²) in [5.41, 5.74) is -0.797. The van der Waals surface area contributed by atoms with Gasteiger partial charge >= 0.3 is 5.97 Å². The van der Waals surface area contributed by atoms with Gasteiger partial charge in [-0.15, -0.1) is 19.1 Å². The largest absolute Gasteiger partial charge is 0.465 e. The molecule has 0 radical (unpaired) electrons. The van der Waals surface area contributed by atoms with Crippen LogP contribution in [-0.4, -0.2) is 12.6 Å². The van der Waals surface area contributed by atoms with E-state index >= 15 is 0 Å². The summed E-state index contributed by atoms with van der Waals surface area (Å²) in [6, 6.07) is 0. The van der Waals surface area contributed by atoms with E-state index in [0.717, 1.165) is 12.8 Å². The molecule has 0 aromatic rings. The molecule has 0 aromatic heterocycles. The normalized spacial score (nSPS) is 10.0. The molecule has 0 spiro atoms. The van der Waals surface area contributed by atoms with E-state index in [1.165, 1.54) is 0 Å². The van der Waals surface area contributed by atoms with Gasteiger partial charge in [0.05, 0.1) is 6.61 Å². The van der Waals surface area contributed by atoms with Crippen LogP contribution in [0.4, 0.5) is 0 Å². The Labute approximate surface area is 105 Å². The zero-order valence-electron chi connectivity index (χ0n) is 10.9. The van der Waals surface area contributed by atoms with Crippen LogP contribution in [0.3, 0.4) is 0 Å². The van der Waals surface area contributed by atoms with Gasteiger partial charge in [-0.05, 0) is 26.2 Å². The van der Waals surface area contributed by atoms with Gasteiger partial charge in [0.2, 0.25) is 0 Å². The van der Waals surface area contributed by atoms with Gasteiger partial charge in [0, 0.05) is 6.42 Å². The summed E-state index contributed by atoms with van der Waals surface area (Å²) < 4.78 is 5.11. The maximum absolute atomic E-state index is 12.0. The molecule has 0 bridgehead atoms. The summed E-state index contributed by atoms with van der Waals surface area (Å²) in [5.74, 6) is 5.82. The third-order valence-corrected chi connectivity index (χ3v) is 2.35. The molecule has 0 N–H and O–H groups in total. The first-order valence-corrected chi connectivity index (χ1v) is 6.05. The number of unbranched alkanes of at least 4 members (excludes halogenated alkanes) is 1. The first-order valence-electron chi connectivity index (χ1n) is 6.05. The topological polar surface area (TPSA) is 26.3 Å². The van der Waals surface area contributed by atoms with Crippen molar-refractivity contribution in [1.82, 2.24) is 0 Å². The van der Waals surface area contributed by atoms with E-state index in [4.69, 9.17) is 4.74 Å². The lowest BCUT2D eigenvalue weighted by Gasteiger charge is -2.23. The highest BCUT2D eigenvalue weighted by Crippen LogP contribution is 2.29. The maximum atomic E-state index is 12.0. The zero-order valence-corrected chi connectivity index (χ0v) is 10.9. The van der Waals surface area contributed by atoms with Crippen LogP contribution in [0.25, 0.3) is 0 Å². The molecule has 0 aliphatic carbocycles. The lowest BCUT2D eigenvalue weighted by atomic mass is 9.81. The second kappa shape index (κ2) is 8.64. The molecular weight excluding hydrogens is 212 g/mol. The molecule has 0 aromatic carbocycles. The van der Waals surface area contributed by atoms with Crippen LogP contribution in [0.1, 0.15) is 39.5 Å². The zero-order chi connectivity index (χ0) is 13.1. The summed E-state index contributed by atoms with van der Waals surface area (Å²) >= 11 is 0. The summed E-state index contributed by atoms with van der Waals surface area (Å²) in [5, 5.41) is 0. The molecular formula is C15H22O2. The van der Waals surface area contributed by atoms with Crippen LogP contribution in [0.5, 0.6) is 0 Å². The van der Waals surface area contributed by atoms with Crippen LogP contribution in [0, 0.1) is 17.3 Å². The fourth-order valence-corrected chi connectivity index (χ4v) is 1.52. The lowest BCUT2D eigenvalue weighted by molar-refractivity contribution is -0.151.